The molecule has 1 atom stereocenters. The van der Waals surface area contributed by atoms with Crippen molar-refractivity contribution in [3.05, 3.63) is 95.6 Å². The number of amidine groups is 1. The van der Waals surface area contributed by atoms with Gasteiger partial charge in [0.05, 0.1) is 24.4 Å². The van der Waals surface area contributed by atoms with Gasteiger partial charge in [0.1, 0.15) is 16.9 Å². The molecule has 0 bridgehead atoms. The molecule has 4 rings (SSSR count). The van der Waals surface area contributed by atoms with E-state index >= 15 is 0 Å². The van der Waals surface area contributed by atoms with Crippen molar-refractivity contribution < 1.29 is 27.9 Å². The van der Waals surface area contributed by atoms with E-state index in [-0.39, 0.29) is 30.6 Å². The van der Waals surface area contributed by atoms with Crippen LogP contribution in [-0.2, 0) is 20.9 Å². The van der Waals surface area contributed by atoms with E-state index in [4.69, 9.17) is 4.74 Å². The molecule has 0 saturated carbocycles. The molecule has 0 radical (unpaired) electrons. The second-order valence-electron chi connectivity index (χ2n) is 8.07. The van der Waals surface area contributed by atoms with Crippen molar-refractivity contribution >= 4 is 46.1 Å². The molecule has 1 saturated heterocycles. The van der Waals surface area contributed by atoms with Gasteiger partial charge in [0.15, 0.2) is 5.17 Å². The van der Waals surface area contributed by atoms with E-state index in [2.05, 4.69) is 10.3 Å². The van der Waals surface area contributed by atoms with Crippen LogP contribution in [-0.4, -0.2) is 39.7 Å². The zero-order valence-corrected chi connectivity index (χ0v) is 20.6. The summed E-state index contributed by atoms with van der Waals surface area (Å²) in [5.41, 5.74) is 1.91. The summed E-state index contributed by atoms with van der Waals surface area (Å²) < 4.78 is 31.7. The van der Waals surface area contributed by atoms with Crippen LogP contribution in [0.15, 0.2) is 77.8 Å². The van der Waals surface area contributed by atoms with Crippen molar-refractivity contribution in [1.82, 2.24) is 4.90 Å². The predicted octanol–water partition coefficient (Wildman–Crippen LogP) is 5.30. The number of halogens is 2. The molecule has 7 nitrogen and oxygen atoms in total. The number of nitrogens with one attached hydrogen (secondary N) is 1. The lowest BCUT2D eigenvalue weighted by molar-refractivity contribution is -0.129. The van der Waals surface area contributed by atoms with E-state index in [1.165, 1.54) is 41.3 Å². The van der Waals surface area contributed by atoms with Gasteiger partial charge >= 0.3 is 5.97 Å². The highest BCUT2D eigenvalue weighted by Gasteiger charge is 2.36. The summed E-state index contributed by atoms with van der Waals surface area (Å²) in [7, 11) is 0. The zero-order chi connectivity index (χ0) is 26.4. The average Bonchev–Trinajstić information content (AvgIpc) is 2.89. The van der Waals surface area contributed by atoms with Crippen LogP contribution >= 0.6 is 11.8 Å². The summed E-state index contributed by atoms with van der Waals surface area (Å²) in [5.74, 6) is -2.02. The van der Waals surface area contributed by atoms with Crippen LogP contribution < -0.4 is 5.32 Å². The number of aliphatic imine (C=N–C) groups is 1. The van der Waals surface area contributed by atoms with Gasteiger partial charge in [-0.15, -0.1) is 0 Å². The van der Waals surface area contributed by atoms with Crippen LogP contribution in [0.5, 0.6) is 0 Å². The molecular formula is C27H23F2N3O4S. The first-order valence-electron chi connectivity index (χ1n) is 11.5. The maximum atomic E-state index is 13.4. The standard InChI is InChI=1S/C27H23F2N3O4S/c1-2-36-26(35)18-5-11-21(12-6-18)30-25(34)23-15-24(33)32(16-17-3-7-19(28)8-4-17)27(37-23)31-22-13-9-20(29)10-14-22/h3-14,23H,2,15-16H2,1H3,(H,30,34). The normalized spacial score (nSPS) is 16.5. The minimum Gasteiger partial charge on any atom is -0.462 e. The molecule has 3 aromatic carbocycles. The second kappa shape index (κ2) is 11.8. The molecule has 0 spiro atoms. The van der Waals surface area contributed by atoms with Gasteiger partial charge in [-0.2, -0.15) is 0 Å². The van der Waals surface area contributed by atoms with Gasteiger partial charge in [-0.3, -0.25) is 14.5 Å². The third-order valence-corrected chi connectivity index (χ3v) is 6.59. The molecule has 37 heavy (non-hydrogen) atoms. The molecule has 1 unspecified atom stereocenters. The van der Waals surface area contributed by atoms with Crippen LogP contribution in [0.3, 0.4) is 0 Å². The van der Waals surface area contributed by atoms with Gasteiger partial charge in [0.2, 0.25) is 11.8 Å². The van der Waals surface area contributed by atoms with E-state index in [1.807, 2.05) is 0 Å². The van der Waals surface area contributed by atoms with E-state index in [0.29, 0.717) is 22.5 Å². The molecule has 1 fully saturated rings. The predicted molar refractivity (Wildman–Crippen MR) is 137 cm³/mol. The Morgan fingerprint density at radius 1 is 1.00 bits per heavy atom. The van der Waals surface area contributed by atoms with Crippen molar-refractivity contribution in [3.8, 4) is 0 Å². The Bertz CT molecular complexity index is 1310. The molecule has 1 aliphatic rings. The minimum atomic E-state index is -0.777. The number of benzene rings is 3. The summed E-state index contributed by atoms with van der Waals surface area (Å²) in [5, 5.41) is 2.26. The Hall–Kier alpha value is -4.05. The number of carbonyl (C=O) groups is 3. The van der Waals surface area contributed by atoms with E-state index in [0.717, 1.165) is 11.8 Å². The number of rotatable bonds is 7. The van der Waals surface area contributed by atoms with Crippen LogP contribution in [0.25, 0.3) is 0 Å². The summed E-state index contributed by atoms with van der Waals surface area (Å²) >= 11 is 1.11. The largest absolute Gasteiger partial charge is 0.462 e. The summed E-state index contributed by atoms with van der Waals surface area (Å²) in [6.07, 6.45) is -0.0823. The maximum absolute atomic E-state index is 13.4. The lowest BCUT2D eigenvalue weighted by atomic mass is 10.1. The molecule has 10 heteroatoms. The number of anilines is 1. The number of nitrogens with zero attached hydrogens (tertiary/aromatic N) is 2. The van der Waals surface area contributed by atoms with Crippen LogP contribution in [0.4, 0.5) is 20.2 Å². The topological polar surface area (TPSA) is 88.1 Å². The fourth-order valence-corrected chi connectivity index (χ4v) is 4.62. The van der Waals surface area contributed by atoms with Crippen molar-refractivity contribution in [2.75, 3.05) is 11.9 Å². The van der Waals surface area contributed by atoms with Crippen molar-refractivity contribution in [2.24, 2.45) is 4.99 Å². The fourth-order valence-electron chi connectivity index (χ4n) is 3.52. The Kier molecular flexibility index (Phi) is 8.29. The molecule has 3 aromatic rings. The minimum absolute atomic E-state index is 0.0823. The third kappa shape index (κ3) is 6.79. The van der Waals surface area contributed by atoms with Gasteiger partial charge in [0, 0.05) is 12.1 Å². The van der Waals surface area contributed by atoms with E-state index < -0.39 is 28.8 Å². The van der Waals surface area contributed by atoms with Gasteiger partial charge < -0.3 is 10.1 Å². The van der Waals surface area contributed by atoms with E-state index in [1.54, 1.807) is 43.3 Å². The van der Waals surface area contributed by atoms with E-state index in [9.17, 15) is 23.2 Å². The molecule has 1 heterocycles. The number of thioether (sulfide) groups is 1. The lowest BCUT2D eigenvalue weighted by Gasteiger charge is -2.32. The average molecular weight is 524 g/mol. The number of amides is 2. The molecule has 0 aromatic heterocycles. The second-order valence-corrected chi connectivity index (χ2v) is 9.24. The van der Waals surface area contributed by atoms with Crippen LogP contribution in [0.1, 0.15) is 29.3 Å². The maximum Gasteiger partial charge on any atom is 0.338 e. The highest BCUT2D eigenvalue weighted by atomic mass is 32.2. The monoisotopic (exact) mass is 523 g/mol. The fraction of sp³-hybridized carbons (Fsp3) is 0.185. The van der Waals surface area contributed by atoms with Gasteiger partial charge in [-0.05, 0) is 73.2 Å². The first-order valence-corrected chi connectivity index (χ1v) is 12.3. The van der Waals surface area contributed by atoms with Gasteiger partial charge in [-0.25, -0.2) is 18.6 Å². The summed E-state index contributed by atoms with van der Waals surface area (Å²) in [4.78, 5) is 43.9. The zero-order valence-electron chi connectivity index (χ0n) is 19.8. The van der Waals surface area contributed by atoms with Crippen molar-refractivity contribution in [3.63, 3.8) is 0 Å². The number of carbonyl (C=O) groups excluding carboxylic acids is 3. The molecule has 2 amide bonds. The highest BCUT2D eigenvalue weighted by Crippen LogP contribution is 2.31. The number of ether oxygens (including phenoxy) is 1. The lowest BCUT2D eigenvalue weighted by Crippen LogP contribution is -2.44. The van der Waals surface area contributed by atoms with Crippen LogP contribution in [0.2, 0.25) is 0 Å². The molecule has 1 N–H and O–H groups in total. The first kappa shape index (κ1) is 26.0. The quantitative estimate of drug-likeness (QED) is 0.425. The molecule has 1 aliphatic heterocycles. The Morgan fingerprint density at radius 3 is 2.24 bits per heavy atom. The highest BCUT2D eigenvalue weighted by molar-refractivity contribution is 8.15. The molecule has 0 aliphatic carbocycles. The Morgan fingerprint density at radius 2 is 1.62 bits per heavy atom. The third-order valence-electron chi connectivity index (χ3n) is 5.40. The molecular weight excluding hydrogens is 500 g/mol. The summed E-state index contributed by atoms with van der Waals surface area (Å²) in [6, 6.07) is 17.4. The van der Waals surface area contributed by atoms with Crippen molar-refractivity contribution in [2.45, 2.75) is 25.1 Å². The summed E-state index contributed by atoms with van der Waals surface area (Å²) in [6.45, 7) is 2.10. The van der Waals surface area contributed by atoms with Gasteiger partial charge in [0.25, 0.3) is 0 Å². The molecule has 190 valence electrons. The first-order chi connectivity index (χ1) is 17.8. The van der Waals surface area contributed by atoms with Crippen LogP contribution in [0, 0.1) is 11.6 Å². The number of hydrogen-bond donors (Lipinski definition) is 1. The Labute approximate surface area is 216 Å². The smallest absolute Gasteiger partial charge is 0.338 e. The van der Waals surface area contributed by atoms with Crippen molar-refractivity contribution in [1.29, 1.82) is 0 Å². The Balaban J connectivity index is 1.53. The van der Waals surface area contributed by atoms with Gasteiger partial charge in [-0.1, -0.05) is 23.9 Å². The number of esters is 1. The number of hydrogen-bond acceptors (Lipinski definition) is 6. The SMILES string of the molecule is CCOC(=O)c1ccc(NC(=O)C2CC(=O)N(Cc3ccc(F)cc3)C(=Nc3ccc(F)cc3)S2)cc1.